The van der Waals surface area contributed by atoms with Crippen molar-refractivity contribution < 1.29 is 13.3 Å². The molecular formula is C16H31N3O3Si. The van der Waals surface area contributed by atoms with E-state index in [-0.39, 0.29) is 0 Å². The molecule has 0 radical (unpaired) electrons. The van der Waals surface area contributed by atoms with E-state index in [0.29, 0.717) is 32.8 Å². The number of hydrogen-bond donors (Lipinski definition) is 0. The van der Waals surface area contributed by atoms with E-state index in [1.54, 1.807) is 0 Å². The van der Waals surface area contributed by atoms with Crippen LogP contribution in [0.5, 0.6) is 0 Å². The van der Waals surface area contributed by atoms with Gasteiger partial charge in [0.25, 0.3) is 0 Å². The van der Waals surface area contributed by atoms with E-state index in [2.05, 4.69) is 15.8 Å². The maximum Gasteiger partial charge on any atom is 0.500 e. The second-order valence-corrected chi connectivity index (χ2v) is 7.80. The van der Waals surface area contributed by atoms with Gasteiger partial charge in [-0.3, -0.25) is 4.90 Å². The lowest BCUT2D eigenvalue weighted by molar-refractivity contribution is 0.0699. The zero-order chi connectivity index (χ0) is 17.4. The van der Waals surface area contributed by atoms with Gasteiger partial charge in [0.2, 0.25) is 6.54 Å². The number of nitrogens with zero attached hydrogens (tertiary/aromatic N) is 3. The lowest BCUT2D eigenvalue weighted by Gasteiger charge is -2.29. The molecular weight excluding hydrogens is 310 g/mol. The molecule has 6 nitrogen and oxygen atoms in total. The van der Waals surface area contributed by atoms with Gasteiger partial charge >= 0.3 is 8.80 Å². The molecule has 0 amide bonds. The van der Waals surface area contributed by atoms with Crippen molar-refractivity contribution in [2.24, 2.45) is 0 Å². The lowest BCUT2D eigenvalue weighted by atomic mass is 10.3. The third kappa shape index (κ3) is 10.4. The van der Waals surface area contributed by atoms with Gasteiger partial charge in [-0.15, -0.1) is 0 Å². The minimum atomic E-state index is -2.57. The first-order valence-corrected chi connectivity index (χ1v) is 10.5. The molecule has 0 saturated carbocycles. The molecule has 0 aromatic rings. The van der Waals surface area contributed by atoms with Gasteiger partial charge in [0, 0.05) is 32.3 Å². The van der Waals surface area contributed by atoms with E-state index < -0.39 is 8.80 Å². The largest absolute Gasteiger partial charge is 0.500 e. The average Bonchev–Trinajstić information content (AvgIpc) is 2.53. The van der Waals surface area contributed by atoms with Crippen LogP contribution in [0.15, 0.2) is 0 Å². The molecule has 23 heavy (non-hydrogen) atoms. The highest BCUT2D eigenvalue weighted by molar-refractivity contribution is 6.60. The molecule has 7 heteroatoms. The third-order valence-corrected chi connectivity index (χ3v) is 6.49. The van der Waals surface area contributed by atoms with Crippen molar-refractivity contribution in [2.45, 2.75) is 46.1 Å². The molecule has 0 rings (SSSR count). The van der Waals surface area contributed by atoms with Crippen molar-refractivity contribution >= 4 is 8.80 Å². The van der Waals surface area contributed by atoms with E-state index in [0.717, 1.165) is 38.5 Å². The van der Waals surface area contributed by atoms with Gasteiger partial charge in [0.05, 0.1) is 12.6 Å². The standard InChI is InChI=1S/C16H31N3O3Si/c1-5-20-23(21-6-2,22-7-3)16-10-14-19(15-12-18-4)13-9-8-11-17/h5-10,12-16H2,1-3H3. The van der Waals surface area contributed by atoms with Crippen LogP contribution in [0.25, 0.3) is 4.85 Å². The normalized spacial score (nSPS) is 11.4. The predicted molar refractivity (Wildman–Crippen MR) is 92.8 cm³/mol. The Hall–Kier alpha value is -0.963. The van der Waals surface area contributed by atoms with Gasteiger partial charge < -0.3 is 18.1 Å². The van der Waals surface area contributed by atoms with Crippen LogP contribution in [0.4, 0.5) is 0 Å². The van der Waals surface area contributed by atoms with Gasteiger partial charge in [-0.2, -0.15) is 5.26 Å². The summed E-state index contributed by atoms with van der Waals surface area (Å²) in [6.07, 6.45) is 2.32. The van der Waals surface area contributed by atoms with Crippen LogP contribution >= 0.6 is 0 Å². The zero-order valence-corrected chi connectivity index (χ0v) is 15.8. The fourth-order valence-corrected chi connectivity index (χ4v) is 5.02. The van der Waals surface area contributed by atoms with Crippen molar-refractivity contribution in [2.75, 3.05) is 46.0 Å². The summed E-state index contributed by atoms with van der Waals surface area (Å²) >= 11 is 0. The summed E-state index contributed by atoms with van der Waals surface area (Å²) in [6.45, 7) is 17.6. The fourth-order valence-electron chi connectivity index (χ4n) is 2.43. The van der Waals surface area contributed by atoms with Gasteiger partial charge in [0.1, 0.15) is 0 Å². The molecule has 0 aliphatic rings. The minimum Gasteiger partial charge on any atom is -0.374 e. The SMILES string of the molecule is [C-]#[N+]CCN(CCCC#N)CCC[Si](OCC)(OCC)OCC. The quantitative estimate of drug-likeness (QED) is 0.260. The fraction of sp³-hybridized carbons (Fsp3) is 0.875. The number of hydrogen-bond acceptors (Lipinski definition) is 5. The Morgan fingerprint density at radius 2 is 1.57 bits per heavy atom. The van der Waals surface area contributed by atoms with Crippen molar-refractivity contribution in [1.29, 1.82) is 5.26 Å². The number of unbranched alkanes of at least 4 members (excludes halogenated alkanes) is 1. The number of nitriles is 1. The van der Waals surface area contributed by atoms with Crippen LogP contribution in [0, 0.1) is 17.9 Å². The summed E-state index contributed by atoms with van der Waals surface area (Å²) in [6, 6.07) is 2.96. The zero-order valence-electron chi connectivity index (χ0n) is 14.8. The Kier molecular flexibility index (Phi) is 14.0. The molecule has 0 aliphatic heterocycles. The highest BCUT2D eigenvalue weighted by atomic mass is 28.4. The molecule has 0 saturated heterocycles. The van der Waals surface area contributed by atoms with Crippen LogP contribution in [0.2, 0.25) is 6.04 Å². The Balaban J connectivity index is 4.46. The van der Waals surface area contributed by atoms with Crippen LogP contribution in [-0.2, 0) is 13.3 Å². The molecule has 132 valence electrons. The maximum atomic E-state index is 8.65. The first-order valence-electron chi connectivity index (χ1n) is 8.52. The lowest BCUT2D eigenvalue weighted by Crippen LogP contribution is -2.46. The Morgan fingerprint density at radius 3 is 2.04 bits per heavy atom. The van der Waals surface area contributed by atoms with E-state index in [1.165, 1.54) is 0 Å². The Morgan fingerprint density at radius 1 is 1.00 bits per heavy atom. The van der Waals surface area contributed by atoms with Crippen molar-refractivity contribution in [3.05, 3.63) is 11.4 Å². The summed E-state index contributed by atoms with van der Waals surface area (Å²) in [5.74, 6) is 0. The minimum absolute atomic E-state index is 0.498. The average molecular weight is 342 g/mol. The molecule has 0 atom stereocenters. The van der Waals surface area contributed by atoms with Crippen molar-refractivity contribution in [3.8, 4) is 6.07 Å². The molecule has 0 aromatic carbocycles. The van der Waals surface area contributed by atoms with Gasteiger partial charge in [-0.05, 0) is 46.7 Å². The van der Waals surface area contributed by atoms with E-state index >= 15 is 0 Å². The molecule has 0 aromatic heterocycles. The smallest absolute Gasteiger partial charge is 0.374 e. The van der Waals surface area contributed by atoms with Crippen LogP contribution < -0.4 is 0 Å². The van der Waals surface area contributed by atoms with E-state index in [9.17, 15) is 0 Å². The topological polar surface area (TPSA) is 59.1 Å². The summed E-state index contributed by atoms with van der Waals surface area (Å²) in [5.41, 5.74) is 0. The molecule has 0 unspecified atom stereocenters. The summed E-state index contributed by atoms with van der Waals surface area (Å²) in [7, 11) is -2.57. The van der Waals surface area contributed by atoms with Crippen LogP contribution in [0.1, 0.15) is 40.0 Å². The summed E-state index contributed by atoms with van der Waals surface area (Å²) in [5, 5.41) is 8.65. The molecule has 0 heterocycles. The number of rotatable bonds is 15. The predicted octanol–water partition coefficient (Wildman–Crippen LogP) is 2.95. The maximum absolute atomic E-state index is 8.65. The summed E-state index contributed by atoms with van der Waals surface area (Å²) < 4.78 is 17.6. The van der Waals surface area contributed by atoms with Gasteiger partial charge in [-0.25, -0.2) is 6.57 Å². The summed E-state index contributed by atoms with van der Waals surface area (Å²) in [4.78, 5) is 5.68. The van der Waals surface area contributed by atoms with Crippen molar-refractivity contribution in [3.63, 3.8) is 0 Å². The highest BCUT2D eigenvalue weighted by Crippen LogP contribution is 2.18. The monoisotopic (exact) mass is 341 g/mol. The second-order valence-electron chi connectivity index (χ2n) is 5.07. The van der Waals surface area contributed by atoms with Gasteiger partial charge in [-0.1, -0.05) is 0 Å². The third-order valence-electron chi connectivity index (χ3n) is 3.34. The van der Waals surface area contributed by atoms with Crippen LogP contribution in [0.3, 0.4) is 0 Å². The molecule has 0 spiro atoms. The second kappa shape index (κ2) is 14.6. The van der Waals surface area contributed by atoms with Crippen molar-refractivity contribution in [1.82, 2.24) is 4.90 Å². The van der Waals surface area contributed by atoms with Gasteiger partial charge in [0.15, 0.2) is 0 Å². The van der Waals surface area contributed by atoms with E-state index in [4.69, 9.17) is 25.1 Å². The first kappa shape index (κ1) is 22.0. The Labute approximate surface area is 142 Å². The highest BCUT2D eigenvalue weighted by Gasteiger charge is 2.39. The first-order chi connectivity index (χ1) is 11.2. The molecule has 0 fully saturated rings. The van der Waals surface area contributed by atoms with Crippen LogP contribution in [-0.4, -0.2) is 59.7 Å². The Bertz CT molecular complexity index is 352. The molecule has 0 N–H and O–H groups in total. The molecule has 0 aliphatic carbocycles. The van der Waals surface area contributed by atoms with E-state index in [1.807, 2.05) is 20.8 Å². The molecule has 0 bridgehead atoms.